The molecule has 1 nitrogen and oxygen atoms in total. The smallest absolute Gasteiger partial charge is 0.150 e. The van der Waals surface area contributed by atoms with Gasteiger partial charge in [-0.1, -0.05) is 0 Å². The van der Waals surface area contributed by atoms with Gasteiger partial charge < -0.3 is 4.74 Å². The second-order valence-electron chi connectivity index (χ2n) is 3.14. The maximum absolute atomic E-state index is 5.60. The average Bonchev–Trinajstić information content (AvgIpc) is 2.60. The van der Waals surface area contributed by atoms with Crippen LogP contribution in [0.5, 0.6) is 5.75 Å². The van der Waals surface area contributed by atoms with Crippen LogP contribution in [0.2, 0.25) is 0 Å². The van der Waals surface area contributed by atoms with Gasteiger partial charge in [-0.05, 0) is 42.3 Å². The van der Waals surface area contributed by atoms with Crippen LogP contribution in [0, 0.1) is 6.92 Å². The molecule has 0 radical (unpaired) electrons. The number of hydrogen-bond acceptors (Lipinski definition) is 3. The van der Waals surface area contributed by atoms with E-state index in [-0.39, 0.29) is 0 Å². The molecule has 74 valence electrons. The van der Waals surface area contributed by atoms with Crippen molar-refractivity contribution in [3.05, 3.63) is 23.1 Å². The second-order valence-corrected chi connectivity index (χ2v) is 4.54. The number of hydrogen-bond donors (Lipinski definition) is 1. The molecule has 0 saturated heterocycles. The highest BCUT2D eigenvalue weighted by molar-refractivity contribution is 7.80. The Labute approximate surface area is 93.1 Å². The lowest BCUT2D eigenvalue weighted by atomic mass is 10.1. The maximum Gasteiger partial charge on any atom is 0.150 e. The van der Waals surface area contributed by atoms with E-state index in [0.717, 1.165) is 10.6 Å². The average molecular weight is 224 g/mol. The van der Waals surface area contributed by atoms with Crippen molar-refractivity contribution in [1.82, 2.24) is 0 Å². The summed E-state index contributed by atoms with van der Waals surface area (Å²) in [5.74, 6) is 0.923. The third kappa shape index (κ3) is 1.51. The fourth-order valence-electron chi connectivity index (χ4n) is 1.54. The highest BCUT2D eigenvalue weighted by Gasteiger charge is 2.09. The molecule has 0 spiro atoms. The summed E-state index contributed by atoms with van der Waals surface area (Å²) >= 11 is 6.14. The van der Waals surface area contributed by atoms with E-state index in [9.17, 15) is 0 Å². The molecule has 0 amide bonds. The van der Waals surface area contributed by atoms with Gasteiger partial charge in [0.05, 0.1) is 11.3 Å². The molecule has 0 aliphatic rings. The van der Waals surface area contributed by atoms with Crippen LogP contribution in [0.25, 0.3) is 10.1 Å². The number of thiol groups is 1. The van der Waals surface area contributed by atoms with Gasteiger partial charge in [-0.3, -0.25) is 0 Å². The van der Waals surface area contributed by atoms with Crippen molar-refractivity contribution in [2.75, 3.05) is 6.61 Å². The van der Waals surface area contributed by atoms with E-state index < -0.39 is 0 Å². The predicted molar refractivity (Wildman–Crippen MR) is 65.0 cm³/mol. The zero-order valence-corrected chi connectivity index (χ0v) is 9.91. The molecule has 0 aliphatic carbocycles. The van der Waals surface area contributed by atoms with Gasteiger partial charge in [-0.15, -0.1) is 24.0 Å². The normalized spacial score (nSPS) is 10.8. The fourth-order valence-corrected chi connectivity index (χ4v) is 2.96. The van der Waals surface area contributed by atoms with Gasteiger partial charge in [-0.25, -0.2) is 0 Å². The molecule has 1 heterocycles. The Hall–Kier alpha value is -0.670. The molecule has 1 aromatic heterocycles. The van der Waals surface area contributed by atoms with Crippen LogP contribution in [0.3, 0.4) is 0 Å². The third-order valence-electron chi connectivity index (χ3n) is 2.17. The van der Waals surface area contributed by atoms with Crippen LogP contribution in [-0.4, -0.2) is 6.61 Å². The molecule has 0 unspecified atom stereocenters. The van der Waals surface area contributed by atoms with E-state index in [1.807, 2.05) is 6.92 Å². The standard InChI is InChI=1S/C11H12OS2/c1-3-12-10-9(13)6-7(2)8-4-5-14-11(8)10/h4-6,13H,3H2,1-2H3. The summed E-state index contributed by atoms with van der Waals surface area (Å²) in [6.45, 7) is 4.78. The minimum Gasteiger partial charge on any atom is -0.491 e. The van der Waals surface area contributed by atoms with Crippen LogP contribution >= 0.6 is 24.0 Å². The molecule has 0 atom stereocenters. The number of ether oxygens (including phenoxy) is 1. The number of aryl methyl sites for hydroxylation is 1. The highest BCUT2D eigenvalue weighted by Crippen LogP contribution is 2.38. The van der Waals surface area contributed by atoms with Crippen molar-refractivity contribution in [3.8, 4) is 5.75 Å². The minimum atomic E-state index is 0.684. The SMILES string of the molecule is CCOc1c(S)cc(C)c2ccsc12. The maximum atomic E-state index is 5.60. The monoisotopic (exact) mass is 224 g/mol. The summed E-state index contributed by atoms with van der Waals surface area (Å²) < 4.78 is 6.80. The molecule has 0 saturated carbocycles. The van der Waals surface area contributed by atoms with Crippen molar-refractivity contribution in [2.24, 2.45) is 0 Å². The Bertz CT molecular complexity index is 460. The zero-order valence-electron chi connectivity index (χ0n) is 8.20. The van der Waals surface area contributed by atoms with E-state index in [0.29, 0.717) is 6.61 Å². The van der Waals surface area contributed by atoms with E-state index in [1.165, 1.54) is 15.6 Å². The molecule has 0 aliphatic heterocycles. The number of thiophene rings is 1. The molecule has 0 N–H and O–H groups in total. The fraction of sp³-hybridized carbons (Fsp3) is 0.273. The summed E-state index contributed by atoms with van der Waals surface area (Å²) in [5, 5.41) is 3.36. The van der Waals surface area contributed by atoms with Crippen molar-refractivity contribution >= 4 is 34.1 Å². The van der Waals surface area contributed by atoms with Crippen LogP contribution in [0.15, 0.2) is 22.4 Å². The number of benzene rings is 1. The van der Waals surface area contributed by atoms with E-state index in [4.69, 9.17) is 4.74 Å². The Morgan fingerprint density at radius 3 is 3.00 bits per heavy atom. The largest absolute Gasteiger partial charge is 0.491 e. The van der Waals surface area contributed by atoms with E-state index >= 15 is 0 Å². The van der Waals surface area contributed by atoms with Gasteiger partial charge in [0.1, 0.15) is 5.75 Å². The Balaban J connectivity index is 2.73. The van der Waals surface area contributed by atoms with E-state index in [2.05, 4.69) is 37.1 Å². The molecule has 2 aromatic rings. The molecule has 1 aromatic carbocycles. The van der Waals surface area contributed by atoms with Crippen LogP contribution < -0.4 is 4.74 Å². The minimum absolute atomic E-state index is 0.684. The van der Waals surface area contributed by atoms with Crippen molar-refractivity contribution in [2.45, 2.75) is 18.7 Å². The second kappa shape index (κ2) is 3.83. The third-order valence-corrected chi connectivity index (χ3v) is 3.42. The lowest BCUT2D eigenvalue weighted by molar-refractivity contribution is 0.337. The predicted octanol–water partition coefficient (Wildman–Crippen LogP) is 3.90. The molecule has 3 heteroatoms. The topological polar surface area (TPSA) is 9.23 Å². The van der Waals surface area contributed by atoms with Gasteiger partial charge in [0, 0.05) is 4.90 Å². The van der Waals surface area contributed by atoms with Gasteiger partial charge in [0.25, 0.3) is 0 Å². The quantitative estimate of drug-likeness (QED) is 0.761. The Morgan fingerprint density at radius 1 is 1.50 bits per heavy atom. The summed E-state index contributed by atoms with van der Waals surface area (Å²) in [6.07, 6.45) is 0. The van der Waals surface area contributed by atoms with Crippen molar-refractivity contribution < 1.29 is 4.74 Å². The molecular formula is C11H12OS2. The van der Waals surface area contributed by atoms with Crippen molar-refractivity contribution in [3.63, 3.8) is 0 Å². The zero-order chi connectivity index (χ0) is 10.1. The lowest BCUT2D eigenvalue weighted by Gasteiger charge is -2.09. The van der Waals surface area contributed by atoms with E-state index in [1.54, 1.807) is 11.3 Å². The summed E-state index contributed by atoms with van der Waals surface area (Å²) in [6, 6.07) is 4.19. The molecule has 2 rings (SSSR count). The first kappa shape index (κ1) is 9.87. The lowest BCUT2D eigenvalue weighted by Crippen LogP contribution is -1.93. The highest BCUT2D eigenvalue weighted by atomic mass is 32.1. The first-order valence-electron chi connectivity index (χ1n) is 4.56. The molecule has 14 heavy (non-hydrogen) atoms. The van der Waals surface area contributed by atoms with Gasteiger partial charge in [0.15, 0.2) is 0 Å². The first-order chi connectivity index (χ1) is 6.74. The van der Waals surface area contributed by atoms with Crippen LogP contribution in [0.4, 0.5) is 0 Å². The summed E-state index contributed by atoms with van der Waals surface area (Å²) in [4.78, 5) is 0.930. The number of fused-ring (bicyclic) bond motifs is 1. The molecular weight excluding hydrogens is 212 g/mol. The Kier molecular flexibility index (Phi) is 2.70. The van der Waals surface area contributed by atoms with Crippen LogP contribution in [-0.2, 0) is 0 Å². The molecule has 0 bridgehead atoms. The van der Waals surface area contributed by atoms with Gasteiger partial charge >= 0.3 is 0 Å². The summed E-state index contributed by atoms with van der Waals surface area (Å²) in [5.41, 5.74) is 1.26. The van der Waals surface area contributed by atoms with Gasteiger partial charge in [0.2, 0.25) is 0 Å². The van der Waals surface area contributed by atoms with Crippen molar-refractivity contribution in [1.29, 1.82) is 0 Å². The Morgan fingerprint density at radius 2 is 2.29 bits per heavy atom. The first-order valence-corrected chi connectivity index (χ1v) is 5.89. The number of rotatable bonds is 2. The summed E-state index contributed by atoms with van der Waals surface area (Å²) in [7, 11) is 0. The van der Waals surface area contributed by atoms with Crippen LogP contribution in [0.1, 0.15) is 12.5 Å². The molecule has 0 fully saturated rings. The van der Waals surface area contributed by atoms with Gasteiger partial charge in [-0.2, -0.15) is 0 Å².